The van der Waals surface area contributed by atoms with E-state index in [0.717, 1.165) is 49.6 Å². The summed E-state index contributed by atoms with van der Waals surface area (Å²) in [6.45, 7) is 4.13. The molecule has 3 heterocycles. The molecule has 1 aromatic heterocycles. The summed E-state index contributed by atoms with van der Waals surface area (Å²) in [7, 11) is 0. The Morgan fingerprint density at radius 2 is 1.96 bits per heavy atom. The zero-order valence-electron chi connectivity index (χ0n) is 15.3. The third kappa shape index (κ3) is 3.43. The monoisotopic (exact) mass is 385 g/mol. The first-order valence-electron chi connectivity index (χ1n) is 9.35. The summed E-state index contributed by atoms with van der Waals surface area (Å²) in [5, 5.41) is 10.0. The Bertz CT molecular complexity index is 851. The minimum Gasteiger partial charge on any atom is -0.476 e. The van der Waals surface area contributed by atoms with Crippen LogP contribution in [0.4, 0.5) is 5.69 Å². The van der Waals surface area contributed by atoms with Crippen LogP contribution in [-0.4, -0.2) is 46.5 Å². The molecule has 1 aromatic carbocycles. The van der Waals surface area contributed by atoms with E-state index >= 15 is 0 Å². The first-order valence-corrected chi connectivity index (χ1v) is 10.2. The fourth-order valence-corrected chi connectivity index (χ4v) is 5.18. The van der Waals surface area contributed by atoms with Crippen LogP contribution in [0.5, 0.6) is 0 Å². The Labute approximate surface area is 162 Å². The van der Waals surface area contributed by atoms with Crippen molar-refractivity contribution in [3.63, 3.8) is 0 Å². The average Bonchev–Trinajstić information content (AvgIpc) is 3.40. The number of aromatic carboxylic acids is 1. The maximum absolute atomic E-state index is 13.2. The summed E-state index contributed by atoms with van der Waals surface area (Å²) in [5.74, 6) is -0.827. The second-order valence-electron chi connectivity index (χ2n) is 7.22. The van der Waals surface area contributed by atoms with Gasteiger partial charge in [0.25, 0.3) is 0 Å². The predicted octanol–water partition coefficient (Wildman–Crippen LogP) is 3.34. The normalized spacial score (nSPS) is 22.4. The van der Waals surface area contributed by atoms with Crippen LogP contribution in [0.15, 0.2) is 30.3 Å². The number of aromatic nitrogens is 1. The lowest BCUT2D eigenvalue weighted by Crippen LogP contribution is -2.37. The van der Waals surface area contributed by atoms with Crippen molar-refractivity contribution in [1.82, 2.24) is 9.88 Å². The number of thiazole rings is 1. The summed E-state index contributed by atoms with van der Waals surface area (Å²) >= 11 is 1.40. The number of likely N-dealkylation sites (tertiary alicyclic amines) is 1. The molecule has 2 saturated heterocycles. The lowest BCUT2D eigenvalue weighted by atomic mass is 10.1. The molecule has 2 atom stereocenters. The first kappa shape index (κ1) is 18.0. The van der Waals surface area contributed by atoms with Gasteiger partial charge in [0.2, 0.25) is 5.91 Å². The number of carbonyl (C=O) groups is 2. The van der Waals surface area contributed by atoms with Gasteiger partial charge in [0, 0.05) is 30.2 Å². The molecular formula is C20H23N3O3S. The van der Waals surface area contributed by atoms with E-state index in [1.165, 1.54) is 11.3 Å². The van der Waals surface area contributed by atoms with E-state index in [4.69, 9.17) is 0 Å². The van der Waals surface area contributed by atoms with Crippen LogP contribution in [-0.2, 0) is 4.79 Å². The largest absolute Gasteiger partial charge is 0.476 e. The Kier molecular flexibility index (Phi) is 4.86. The number of amides is 1. The molecule has 6 nitrogen and oxygen atoms in total. The molecule has 4 rings (SSSR count). The van der Waals surface area contributed by atoms with Crippen molar-refractivity contribution in [3.8, 4) is 0 Å². The molecule has 0 spiro atoms. The molecule has 0 bridgehead atoms. The molecule has 2 aliphatic rings. The van der Waals surface area contributed by atoms with E-state index in [1.54, 1.807) is 6.92 Å². The molecule has 2 aromatic rings. The van der Waals surface area contributed by atoms with E-state index in [1.807, 2.05) is 23.1 Å². The highest BCUT2D eigenvalue weighted by atomic mass is 32.1. The highest BCUT2D eigenvalue weighted by Crippen LogP contribution is 2.37. The highest BCUT2D eigenvalue weighted by molar-refractivity contribution is 7.12. The molecule has 1 amide bonds. The van der Waals surface area contributed by atoms with E-state index in [9.17, 15) is 14.7 Å². The molecule has 1 N–H and O–H groups in total. The number of carbonyl (C=O) groups excluding carboxylic acids is 1. The summed E-state index contributed by atoms with van der Waals surface area (Å²) < 4.78 is 0. The topological polar surface area (TPSA) is 73.7 Å². The number of hydrogen-bond acceptors (Lipinski definition) is 5. The number of carboxylic acids is 1. The fourth-order valence-electron chi connectivity index (χ4n) is 4.11. The summed E-state index contributed by atoms with van der Waals surface area (Å²) in [4.78, 5) is 33.7. The number of carboxylic acid groups (broad SMARTS) is 1. The number of aryl methyl sites for hydroxylation is 1. The van der Waals surface area contributed by atoms with Crippen molar-refractivity contribution >= 4 is 28.9 Å². The number of hydrogen-bond donors (Lipinski definition) is 1. The van der Waals surface area contributed by atoms with Crippen LogP contribution in [0.1, 0.15) is 45.7 Å². The lowest BCUT2D eigenvalue weighted by molar-refractivity contribution is -0.135. The fraction of sp³-hybridized carbons (Fsp3) is 0.450. The van der Waals surface area contributed by atoms with E-state index in [2.05, 4.69) is 22.0 Å². The van der Waals surface area contributed by atoms with Crippen molar-refractivity contribution in [2.24, 2.45) is 5.92 Å². The number of nitrogens with zero attached hydrogens (tertiary/aromatic N) is 3. The van der Waals surface area contributed by atoms with Crippen LogP contribution in [0.3, 0.4) is 0 Å². The Morgan fingerprint density at radius 1 is 1.19 bits per heavy atom. The van der Waals surface area contributed by atoms with Gasteiger partial charge in [-0.15, -0.1) is 11.3 Å². The quantitative estimate of drug-likeness (QED) is 0.874. The maximum atomic E-state index is 13.2. The molecule has 0 aliphatic carbocycles. The number of anilines is 1. The van der Waals surface area contributed by atoms with Crippen LogP contribution in [0, 0.1) is 12.8 Å². The molecule has 2 aliphatic heterocycles. The van der Waals surface area contributed by atoms with Gasteiger partial charge >= 0.3 is 5.97 Å². The Morgan fingerprint density at radius 3 is 2.67 bits per heavy atom. The minimum absolute atomic E-state index is 0.00851. The van der Waals surface area contributed by atoms with Crippen LogP contribution in [0.2, 0.25) is 0 Å². The van der Waals surface area contributed by atoms with Crippen molar-refractivity contribution in [2.75, 3.05) is 24.5 Å². The van der Waals surface area contributed by atoms with Gasteiger partial charge in [0.1, 0.15) is 5.01 Å². The Hall–Kier alpha value is -2.41. The Balaban J connectivity index is 1.48. The van der Waals surface area contributed by atoms with Gasteiger partial charge in [-0.2, -0.15) is 0 Å². The maximum Gasteiger partial charge on any atom is 0.355 e. The van der Waals surface area contributed by atoms with Crippen molar-refractivity contribution in [3.05, 3.63) is 45.9 Å². The smallest absolute Gasteiger partial charge is 0.355 e. The molecule has 27 heavy (non-hydrogen) atoms. The van der Waals surface area contributed by atoms with Gasteiger partial charge in [-0.05, 0) is 38.3 Å². The summed E-state index contributed by atoms with van der Waals surface area (Å²) in [6, 6.07) is 10.1. The lowest BCUT2D eigenvalue weighted by Gasteiger charge is -2.26. The first-order chi connectivity index (χ1) is 13.0. The molecule has 2 fully saturated rings. The van der Waals surface area contributed by atoms with E-state index < -0.39 is 5.97 Å². The van der Waals surface area contributed by atoms with Gasteiger partial charge < -0.3 is 14.9 Å². The highest BCUT2D eigenvalue weighted by Gasteiger charge is 2.38. The third-order valence-electron chi connectivity index (χ3n) is 5.50. The molecule has 2 unspecified atom stereocenters. The van der Waals surface area contributed by atoms with Gasteiger partial charge in [0.15, 0.2) is 5.69 Å². The number of para-hydroxylation sites is 1. The van der Waals surface area contributed by atoms with Crippen LogP contribution >= 0.6 is 11.3 Å². The third-order valence-corrected chi connectivity index (χ3v) is 6.57. The number of benzene rings is 1. The van der Waals surface area contributed by atoms with E-state index in [-0.39, 0.29) is 23.6 Å². The van der Waals surface area contributed by atoms with Crippen LogP contribution in [0.25, 0.3) is 0 Å². The van der Waals surface area contributed by atoms with Gasteiger partial charge in [-0.3, -0.25) is 4.79 Å². The zero-order valence-corrected chi connectivity index (χ0v) is 16.1. The zero-order chi connectivity index (χ0) is 19.0. The van der Waals surface area contributed by atoms with Crippen LogP contribution < -0.4 is 4.90 Å². The molecular weight excluding hydrogens is 362 g/mol. The molecule has 7 heteroatoms. The van der Waals surface area contributed by atoms with Gasteiger partial charge in [-0.1, -0.05) is 18.2 Å². The van der Waals surface area contributed by atoms with Gasteiger partial charge in [0.05, 0.1) is 12.0 Å². The van der Waals surface area contributed by atoms with Gasteiger partial charge in [-0.25, -0.2) is 9.78 Å². The SMILES string of the molecule is Cc1sc(C2CCCN2C(=O)C2CCN(c3ccccc3)C2)nc1C(=O)O. The standard InChI is InChI=1S/C20H23N3O3S/c1-13-17(20(25)26)21-18(27-13)16-8-5-10-23(16)19(24)14-9-11-22(12-14)15-6-3-2-4-7-15/h2-4,6-7,14,16H,5,8-12H2,1H3,(H,25,26). The second-order valence-corrected chi connectivity index (χ2v) is 8.45. The molecule has 142 valence electrons. The van der Waals surface area contributed by atoms with Crippen molar-refractivity contribution in [1.29, 1.82) is 0 Å². The second kappa shape index (κ2) is 7.31. The van der Waals surface area contributed by atoms with Crippen molar-refractivity contribution < 1.29 is 14.7 Å². The summed E-state index contributed by atoms with van der Waals surface area (Å²) in [5.41, 5.74) is 1.28. The predicted molar refractivity (Wildman–Crippen MR) is 104 cm³/mol. The summed E-state index contributed by atoms with van der Waals surface area (Å²) in [6.07, 6.45) is 2.65. The van der Waals surface area contributed by atoms with E-state index in [0.29, 0.717) is 4.88 Å². The molecule has 0 radical (unpaired) electrons. The number of rotatable bonds is 4. The minimum atomic E-state index is -1.000. The van der Waals surface area contributed by atoms with Crippen molar-refractivity contribution in [2.45, 2.75) is 32.2 Å². The molecule has 0 saturated carbocycles. The average molecular weight is 385 g/mol.